The zero-order valence-corrected chi connectivity index (χ0v) is 11.2. The monoisotopic (exact) mass is 246 g/mol. The van der Waals surface area contributed by atoms with Crippen LogP contribution in [0, 0.1) is 0 Å². The van der Waals surface area contributed by atoms with E-state index < -0.39 is 0 Å². The van der Waals surface area contributed by atoms with E-state index in [0.717, 1.165) is 19.5 Å². The molecule has 2 N–H and O–H groups in total. The van der Waals surface area contributed by atoms with E-state index >= 15 is 0 Å². The van der Waals surface area contributed by atoms with Gasteiger partial charge in [0.25, 0.3) is 0 Å². The Labute approximate surface area is 108 Å². The second-order valence-corrected chi connectivity index (χ2v) is 4.98. The van der Waals surface area contributed by atoms with Gasteiger partial charge in [-0.15, -0.1) is 0 Å². The molecule has 98 valence electrons. The lowest BCUT2D eigenvalue weighted by atomic mass is 10.1. The third-order valence-electron chi connectivity index (χ3n) is 3.13. The lowest BCUT2D eigenvalue weighted by molar-refractivity contribution is 0.280. The molecular weight excluding hydrogens is 224 g/mol. The Morgan fingerprint density at radius 3 is 2.83 bits per heavy atom. The van der Waals surface area contributed by atoms with E-state index in [4.69, 9.17) is 5.11 Å². The van der Waals surface area contributed by atoms with Gasteiger partial charge in [0.05, 0.1) is 5.52 Å². The normalized spacial score (nSPS) is 11.6. The Morgan fingerprint density at radius 2 is 2.11 bits per heavy atom. The van der Waals surface area contributed by atoms with Crippen LogP contribution in [-0.2, 0) is 13.1 Å². The van der Waals surface area contributed by atoms with Crippen molar-refractivity contribution in [2.24, 2.45) is 0 Å². The van der Waals surface area contributed by atoms with Crippen molar-refractivity contribution < 1.29 is 5.11 Å². The van der Waals surface area contributed by atoms with Crippen molar-refractivity contribution in [2.45, 2.75) is 39.4 Å². The van der Waals surface area contributed by atoms with Crippen LogP contribution in [0.15, 0.2) is 30.5 Å². The van der Waals surface area contributed by atoms with Gasteiger partial charge in [0.1, 0.15) is 0 Å². The van der Waals surface area contributed by atoms with Crippen LogP contribution in [0.25, 0.3) is 10.9 Å². The number of benzene rings is 1. The third kappa shape index (κ3) is 2.92. The first-order valence-corrected chi connectivity index (χ1v) is 6.63. The number of nitrogens with zero attached hydrogens (tertiary/aromatic N) is 1. The summed E-state index contributed by atoms with van der Waals surface area (Å²) in [7, 11) is 0. The Balaban J connectivity index is 2.29. The molecule has 2 rings (SSSR count). The number of nitrogens with one attached hydrogen (secondary N) is 1. The minimum atomic E-state index is 0.242. The number of aromatic nitrogens is 1. The average molecular weight is 246 g/mol. The largest absolute Gasteiger partial charge is 0.396 e. The SMILES string of the molecule is CC(C)NCc1cccc2ccn(CCCO)c12. The maximum absolute atomic E-state index is 8.96. The molecule has 0 fully saturated rings. The zero-order chi connectivity index (χ0) is 13.0. The molecule has 0 spiro atoms. The predicted octanol–water partition coefficient (Wildman–Crippen LogP) is 2.52. The van der Waals surface area contributed by atoms with E-state index in [9.17, 15) is 0 Å². The topological polar surface area (TPSA) is 37.2 Å². The summed E-state index contributed by atoms with van der Waals surface area (Å²) in [4.78, 5) is 0. The molecule has 0 bridgehead atoms. The van der Waals surface area contributed by atoms with Gasteiger partial charge in [0, 0.05) is 31.9 Å². The van der Waals surface area contributed by atoms with Gasteiger partial charge in [-0.2, -0.15) is 0 Å². The van der Waals surface area contributed by atoms with Crippen LogP contribution in [-0.4, -0.2) is 22.3 Å². The summed E-state index contributed by atoms with van der Waals surface area (Å²) in [5.41, 5.74) is 2.61. The molecule has 0 radical (unpaired) electrons. The van der Waals surface area contributed by atoms with Gasteiger partial charge in [-0.3, -0.25) is 0 Å². The van der Waals surface area contributed by atoms with Crippen LogP contribution in [0.1, 0.15) is 25.8 Å². The van der Waals surface area contributed by atoms with Gasteiger partial charge in [-0.25, -0.2) is 0 Å². The highest BCUT2D eigenvalue weighted by molar-refractivity contribution is 5.83. The second kappa shape index (κ2) is 6.03. The number of hydrogen-bond acceptors (Lipinski definition) is 2. The highest BCUT2D eigenvalue weighted by atomic mass is 16.3. The fraction of sp³-hybridized carbons (Fsp3) is 0.467. The third-order valence-corrected chi connectivity index (χ3v) is 3.13. The quantitative estimate of drug-likeness (QED) is 0.822. The van der Waals surface area contributed by atoms with Gasteiger partial charge in [-0.1, -0.05) is 32.0 Å². The summed E-state index contributed by atoms with van der Waals surface area (Å²) in [6.07, 6.45) is 2.91. The summed E-state index contributed by atoms with van der Waals surface area (Å²) in [5.74, 6) is 0. The van der Waals surface area contributed by atoms with Crippen molar-refractivity contribution in [3.05, 3.63) is 36.0 Å². The van der Waals surface area contributed by atoms with Gasteiger partial charge < -0.3 is 15.0 Å². The molecule has 0 saturated carbocycles. The molecule has 0 unspecified atom stereocenters. The minimum Gasteiger partial charge on any atom is -0.396 e. The molecule has 0 aliphatic carbocycles. The Kier molecular flexibility index (Phi) is 4.39. The number of para-hydroxylation sites is 1. The first-order valence-electron chi connectivity index (χ1n) is 6.63. The maximum Gasteiger partial charge on any atom is 0.0525 e. The summed E-state index contributed by atoms with van der Waals surface area (Å²) < 4.78 is 2.24. The molecule has 3 heteroatoms. The molecule has 3 nitrogen and oxygen atoms in total. The Hall–Kier alpha value is -1.32. The van der Waals surface area contributed by atoms with Crippen molar-refractivity contribution in [1.29, 1.82) is 0 Å². The lowest BCUT2D eigenvalue weighted by Gasteiger charge is -2.12. The summed E-state index contributed by atoms with van der Waals surface area (Å²) in [6, 6.07) is 9.06. The van der Waals surface area contributed by atoms with Crippen molar-refractivity contribution in [3.8, 4) is 0 Å². The molecule has 18 heavy (non-hydrogen) atoms. The van der Waals surface area contributed by atoms with E-state index in [1.165, 1.54) is 16.5 Å². The molecule has 0 aliphatic rings. The summed E-state index contributed by atoms with van der Waals surface area (Å²) >= 11 is 0. The standard InChI is InChI=1S/C15H22N2O/c1-12(2)16-11-14-6-3-5-13-7-9-17(15(13)14)8-4-10-18/h3,5-7,9,12,16,18H,4,8,10-11H2,1-2H3. The van der Waals surface area contributed by atoms with Crippen molar-refractivity contribution in [3.63, 3.8) is 0 Å². The van der Waals surface area contributed by atoms with E-state index in [-0.39, 0.29) is 6.61 Å². The second-order valence-electron chi connectivity index (χ2n) is 4.98. The van der Waals surface area contributed by atoms with Crippen LogP contribution in [0.3, 0.4) is 0 Å². The van der Waals surface area contributed by atoms with E-state index in [1.54, 1.807) is 0 Å². The number of fused-ring (bicyclic) bond motifs is 1. The molecule has 0 amide bonds. The van der Waals surface area contributed by atoms with Gasteiger partial charge in [0.15, 0.2) is 0 Å². The number of aryl methyl sites for hydroxylation is 1. The van der Waals surface area contributed by atoms with Crippen LogP contribution < -0.4 is 5.32 Å². The molecule has 1 aromatic heterocycles. The van der Waals surface area contributed by atoms with Crippen LogP contribution in [0.5, 0.6) is 0 Å². The first kappa shape index (κ1) is 13.1. The summed E-state index contributed by atoms with van der Waals surface area (Å²) in [6.45, 7) is 6.32. The molecule has 0 atom stereocenters. The van der Waals surface area contributed by atoms with Gasteiger partial charge in [0.2, 0.25) is 0 Å². The molecule has 2 aromatic rings. The average Bonchev–Trinajstić information content (AvgIpc) is 2.77. The highest BCUT2D eigenvalue weighted by Gasteiger charge is 2.06. The predicted molar refractivity (Wildman–Crippen MR) is 75.6 cm³/mol. The lowest BCUT2D eigenvalue weighted by Crippen LogP contribution is -2.22. The molecule has 0 saturated heterocycles. The van der Waals surface area contributed by atoms with Crippen molar-refractivity contribution in [1.82, 2.24) is 9.88 Å². The highest BCUT2D eigenvalue weighted by Crippen LogP contribution is 2.20. The fourth-order valence-electron chi connectivity index (χ4n) is 2.22. The Morgan fingerprint density at radius 1 is 1.28 bits per heavy atom. The van der Waals surface area contributed by atoms with E-state index in [0.29, 0.717) is 6.04 Å². The van der Waals surface area contributed by atoms with Gasteiger partial charge in [-0.05, 0) is 23.4 Å². The Bertz CT molecular complexity index is 502. The number of aliphatic hydroxyl groups is 1. The van der Waals surface area contributed by atoms with Crippen molar-refractivity contribution in [2.75, 3.05) is 6.61 Å². The minimum absolute atomic E-state index is 0.242. The molecule has 1 heterocycles. The maximum atomic E-state index is 8.96. The number of aliphatic hydroxyl groups excluding tert-OH is 1. The van der Waals surface area contributed by atoms with Crippen molar-refractivity contribution >= 4 is 10.9 Å². The van der Waals surface area contributed by atoms with Crippen LogP contribution >= 0.6 is 0 Å². The number of rotatable bonds is 6. The molecular formula is C15H22N2O. The molecule has 0 aliphatic heterocycles. The van der Waals surface area contributed by atoms with Crippen LogP contribution in [0.4, 0.5) is 0 Å². The molecule has 1 aromatic carbocycles. The van der Waals surface area contributed by atoms with Crippen LogP contribution in [0.2, 0.25) is 0 Å². The van der Waals surface area contributed by atoms with E-state index in [2.05, 4.69) is 54.2 Å². The van der Waals surface area contributed by atoms with E-state index in [1.807, 2.05) is 0 Å². The fourth-order valence-corrected chi connectivity index (χ4v) is 2.22. The zero-order valence-electron chi connectivity index (χ0n) is 11.2. The van der Waals surface area contributed by atoms with Gasteiger partial charge >= 0.3 is 0 Å². The number of hydrogen-bond donors (Lipinski definition) is 2. The first-order chi connectivity index (χ1) is 8.72. The summed E-state index contributed by atoms with van der Waals surface area (Å²) in [5, 5.41) is 13.7. The smallest absolute Gasteiger partial charge is 0.0525 e.